The second kappa shape index (κ2) is 5.91. The van der Waals surface area contributed by atoms with Crippen LogP contribution in [0.25, 0.3) is 0 Å². The Morgan fingerprint density at radius 3 is 2.88 bits per heavy atom. The number of hydrogen-bond acceptors (Lipinski definition) is 4. The zero-order valence-corrected chi connectivity index (χ0v) is 9.71. The van der Waals surface area contributed by atoms with Crippen molar-refractivity contribution in [2.45, 2.75) is 6.10 Å². The van der Waals surface area contributed by atoms with Gasteiger partial charge in [-0.1, -0.05) is 30.3 Å². The van der Waals surface area contributed by atoms with E-state index in [0.29, 0.717) is 19.7 Å². The highest BCUT2D eigenvalue weighted by Gasteiger charge is 2.21. The molecule has 0 aromatic heterocycles. The molecule has 1 unspecified atom stereocenters. The van der Waals surface area contributed by atoms with Gasteiger partial charge in [-0.2, -0.15) is 0 Å². The number of benzene rings is 1. The number of carbonyl (C=O) groups is 1. The quantitative estimate of drug-likeness (QED) is 0.775. The number of nitrogens with zero attached hydrogens (tertiary/aromatic N) is 1. The molecular weight excluding hydrogens is 218 g/mol. The van der Waals surface area contributed by atoms with Gasteiger partial charge in [0.25, 0.3) is 0 Å². The molecule has 1 N–H and O–H groups in total. The SMILES string of the molecule is O=C(CN1CCOC(CO)C1)c1ccccc1. The summed E-state index contributed by atoms with van der Waals surface area (Å²) in [6, 6.07) is 9.28. The largest absolute Gasteiger partial charge is 0.394 e. The fourth-order valence-corrected chi connectivity index (χ4v) is 1.95. The van der Waals surface area contributed by atoms with Crippen LogP contribution < -0.4 is 0 Å². The van der Waals surface area contributed by atoms with Gasteiger partial charge in [0.15, 0.2) is 5.78 Å². The number of rotatable bonds is 4. The Hall–Kier alpha value is -1.23. The van der Waals surface area contributed by atoms with E-state index in [0.717, 1.165) is 12.1 Å². The molecule has 17 heavy (non-hydrogen) atoms. The molecule has 1 aliphatic rings. The van der Waals surface area contributed by atoms with Crippen LogP contribution in [-0.4, -0.2) is 54.7 Å². The molecule has 1 saturated heterocycles. The molecule has 0 bridgehead atoms. The van der Waals surface area contributed by atoms with E-state index >= 15 is 0 Å². The molecule has 0 saturated carbocycles. The molecule has 4 heteroatoms. The smallest absolute Gasteiger partial charge is 0.176 e. The lowest BCUT2D eigenvalue weighted by molar-refractivity contribution is -0.0503. The lowest BCUT2D eigenvalue weighted by Gasteiger charge is -2.31. The molecule has 1 atom stereocenters. The van der Waals surface area contributed by atoms with Crippen LogP contribution in [0.2, 0.25) is 0 Å². The van der Waals surface area contributed by atoms with Crippen LogP contribution in [0.1, 0.15) is 10.4 Å². The molecule has 1 fully saturated rings. The van der Waals surface area contributed by atoms with Gasteiger partial charge in [0, 0.05) is 18.7 Å². The molecule has 4 nitrogen and oxygen atoms in total. The maximum atomic E-state index is 12.0. The highest BCUT2D eigenvalue weighted by Crippen LogP contribution is 2.07. The first-order valence-electron chi connectivity index (χ1n) is 5.82. The molecule has 92 valence electrons. The average molecular weight is 235 g/mol. The standard InChI is InChI=1S/C13H17NO3/c15-10-12-8-14(6-7-17-12)9-13(16)11-4-2-1-3-5-11/h1-5,12,15H,6-10H2. The Balaban J connectivity index is 1.90. The van der Waals surface area contributed by atoms with Crippen LogP contribution in [0.3, 0.4) is 0 Å². The summed E-state index contributed by atoms with van der Waals surface area (Å²) in [5.74, 6) is 0.115. The Labute approximate surface area is 101 Å². The summed E-state index contributed by atoms with van der Waals surface area (Å²) in [5.41, 5.74) is 0.736. The number of aliphatic hydroxyl groups excluding tert-OH is 1. The van der Waals surface area contributed by atoms with E-state index in [1.807, 2.05) is 35.2 Å². The maximum absolute atomic E-state index is 12.0. The summed E-state index contributed by atoms with van der Waals surface area (Å²) in [5, 5.41) is 9.02. The summed E-state index contributed by atoms with van der Waals surface area (Å²) < 4.78 is 5.34. The minimum Gasteiger partial charge on any atom is -0.394 e. The van der Waals surface area contributed by atoms with Gasteiger partial charge in [-0.15, -0.1) is 0 Å². The number of aliphatic hydroxyl groups is 1. The number of carbonyl (C=O) groups excluding carboxylic acids is 1. The van der Waals surface area contributed by atoms with Gasteiger partial charge in [-0.25, -0.2) is 0 Å². The Bertz CT molecular complexity index is 366. The lowest BCUT2D eigenvalue weighted by atomic mass is 10.1. The van der Waals surface area contributed by atoms with Crippen molar-refractivity contribution in [2.75, 3.05) is 32.8 Å². The van der Waals surface area contributed by atoms with E-state index in [-0.39, 0.29) is 18.5 Å². The molecule has 0 aliphatic carbocycles. The van der Waals surface area contributed by atoms with Gasteiger partial charge in [-0.3, -0.25) is 9.69 Å². The number of Topliss-reactive ketones (excluding diaryl/α,β-unsaturated/α-hetero) is 1. The molecule has 1 heterocycles. The summed E-state index contributed by atoms with van der Waals surface area (Å²) in [7, 11) is 0. The van der Waals surface area contributed by atoms with Crippen LogP contribution >= 0.6 is 0 Å². The number of ether oxygens (including phenoxy) is 1. The van der Waals surface area contributed by atoms with Crippen molar-refractivity contribution in [3.63, 3.8) is 0 Å². The van der Waals surface area contributed by atoms with Gasteiger partial charge >= 0.3 is 0 Å². The minimum atomic E-state index is -0.160. The van der Waals surface area contributed by atoms with E-state index in [1.54, 1.807) is 0 Å². The van der Waals surface area contributed by atoms with E-state index in [2.05, 4.69) is 0 Å². The summed E-state index contributed by atoms with van der Waals surface area (Å²) in [6.07, 6.45) is -0.160. The molecule has 0 radical (unpaired) electrons. The monoisotopic (exact) mass is 235 g/mol. The van der Waals surface area contributed by atoms with Crippen molar-refractivity contribution in [3.05, 3.63) is 35.9 Å². The van der Waals surface area contributed by atoms with E-state index < -0.39 is 0 Å². The van der Waals surface area contributed by atoms with Crippen LogP contribution in [0.4, 0.5) is 0 Å². The van der Waals surface area contributed by atoms with E-state index in [9.17, 15) is 4.79 Å². The van der Waals surface area contributed by atoms with Crippen molar-refractivity contribution < 1.29 is 14.6 Å². The molecule has 1 aromatic carbocycles. The zero-order valence-electron chi connectivity index (χ0n) is 9.71. The minimum absolute atomic E-state index is 0.00995. The zero-order chi connectivity index (χ0) is 12.1. The molecule has 1 aromatic rings. The van der Waals surface area contributed by atoms with Gasteiger partial charge in [-0.05, 0) is 0 Å². The predicted molar refractivity (Wildman–Crippen MR) is 64.0 cm³/mol. The van der Waals surface area contributed by atoms with Gasteiger partial charge in [0.1, 0.15) is 0 Å². The fraction of sp³-hybridized carbons (Fsp3) is 0.462. The summed E-state index contributed by atoms with van der Waals surface area (Å²) >= 11 is 0. The van der Waals surface area contributed by atoms with E-state index in [4.69, 9.17) is 9.84 Å². The second-order valence-corrected chi connectivity index (χ2v) is 4.20. The van der Waals surface area contributed by atoms with Crippen molar-refractivity contribution in [3.8, 4) is 0 Å². The van der Waals surface area contributed by atoms with Crippen molar-refractivity contribution >= 4 is 5.78 Å². The van der Waals surface area contributed by atoms with Crippen LogP contribution in [0.15, 0.2) is 30.3 Å². The van der Waals surface area contributed by atoms with Crippen LogP contribution in [-0.2, 0) is 4.74 Å². The fourth-order valence-electron chi connectivity index (χ4n) is 1.95. The lowest BCUT2D eigenvalue weighted by Crippen LogP contribution is -2.45. The predicted octanol–water partition coefficient (Wildman–Crippen LogP) is 0.562. The van der Waals surface area contributed by atoms with Crippen LogP contribution in [0, 0.1) is 0 Å². The third-order valence-electron chi connectivity index (χ3n) is 2.89. The highest BCUT2D eigenvalue weighted by atomic mass is 16.5. The Morgan fingerprint density at radius 2 is 2.18 bits per heavy atom. The van der Waals surface area contributed by atoms with Crippen LogP contribution in [0.5, 0.6) is 0 Å². The first kappa shape index (κ1) is 12.2. The summed E-state index contributed by atoms with van der Waals surface area (Å²) in [6.45, 7) is 2.34. The van der Waals surface area contributed by atoms with Gasteiger partial charge in [0.2, 0.25) is 0 Å². The first-order chi connectivity index (χ1) is 8.29. The normalized spacial score (nSPS) is 21.4. The molecule has 0 amide bonds. The number of morpholine rings is 1. The Kier molecular flexibility index (Phi) is 4.25. The molecular formula is C13H17NO3. The van der Waals surface area contributed by atoms with Crippen molar-refractivity contribution in [1.82, 2.24) is 4.90 Å². The van der Waals surface area contributed by atoms with Gasteiger partial charge in [0.05, 0.1) is 25.9 Å². The topological polar surface area (TPSA) is 49.8 Å². The van der Waals surface area contributed by atoms with Crippen molar-refractivity contribution in [2.24, 2.45) is 0 Å². The van der Waals surface area contributed by atoms with Crippen molar-refractivity contribution in [1.29, 1.82) is 0 Å². The third kappa shape index (κ3) is 3.36. The second-order valence-electron chi connectivity index (χ2n) is 4.20. The molecule has 2 rings (SSSR count). The highest BCUT2D eigenvalue weighted by molar-refractivity contribution is 5.97. The van der Waals surface area contributed by atoms with Gasteiger partial charge < -0.3 is 9.84 Å². The molecule has 1 aliphatic heterocycles. The molecule has 0 spiro atoms. The maximum Gasteiger partial charge on any atom is 0.176 e. The average Bonchev–Trinajstić information content (AvgIpc) is 2.40. The summed E-state index contributed by atoms with van der Waals surface area (Å²) in [4.78, 5) is 14.0. The first-order valence-corrected chi connectivity index (χ1v) is 5.82. The third-order valence-corrected chi connectivity index (χ3v) is 2.89. The Morgan fingerprint density at radius 1 is 1.41 bits per heavy atom. The van der Waals surface area contributed by atoms with E-state index in [1.165, 1.54) is 0 Å². The number of ketones is 1. The number of hydrogen-bond donors (Lipinski definition) is 1.